The summed E-state index contributed by atoms with van der Waals surface area (Å²) in [5.41, 5.74) is 2.91. The van der Waals surface area contributed by atoms with E-state index in [1.165, 1.54) is 37.0 Å². The van der Waals surface area contributed by atoms with Gasteiger partial charge in [0.25, 0.3) is 5.91 Å². The Morgan fingerprint density at radius 1 is 1.25 bits per heavy atom. The summed E-state index contributed by atoms with van der Waals surface area (Å²) in [6.07, 6.45) is 4.96. The van der Waals surface area contributed by atoms with Crippen molar-refractivity contribution in [3.8, 4) is 0 Å². The maximum absolute atomic E-state index is 12.0. The van der Waals surface area contributed by atoms with E-state index >= 15 is 0 Å². The van der Waals surface area contributed by atoms with Gasteiger partial charge in [-0.1, -0.05) is 44.9 Å². The van der Waals surface area contributed by atoms with E-state index in [9.17, 15) is 4.79 Å². The maximum atomic E-state index is 12.0. The molecule has 1 aliphatic heterocycles. The summed E-state index contributed by atoms with van der Waals surface area (Å²) in [7, 11) is 0. The molecule has 1 fully saturated rings. The van der Waals surface area contributed by atoms with Crippen molar-refractivity contribution in [2.45, 2.75) is 51.9 Å². The third-order valence-electron chi connectivity index (χ3n) is 3.54. The number of hydrazine groups is 1. The summed E-state index contributed by atoms with van der Waals surface area (Å²) < 4.78 is 0. The zero-order valence-corrected chi connectivity index (χ0v) is 13.3. The van der Waals surface area contributed by atoms with Crippen molar-refractivity contribution in [1.29, 1.82) is 0 Å². The van der Waals surface area contributed by atoms with Gasteiger partial charge >= 0.3 is 0 Å². The van der Waals surface area contributed by atoms with Crippen LogP contribution in [0, 0.1) is 0 Å². The molecule has 0 unspecified atom stereocenters. The molecule has 0 bridgehead atoms. The van der Waals surface area contributed by atoms with Crippen molar-refractivity contribution in [3.05, 3.63) is 10.6 Å². The Balaban J connectivity index is 2.35. The Morgan fingerprint density at radius 3 is 2.35 bits per heavy atom. The van der Waals surface area contributed by atoms with Crippen molar-refractivity contribution < 1.29 is 4.79 Å². The quantitative estimate of drug-likeness (QED) is 0.499. The van der Waals surface area contributed by atoms with Crippen molar-refractivity contribution in [3.63, 3.8) is 0 Å². The third-order valence-corrected chi connectivity index (χ3v) is 4.66. The van der Waals surface area contributed by atoms with Crippen LogP contribution >= 0.6 is 11.3 Å². The van der Waals surface area contributed by atoms with Crippen LogP contribution in [0.15, 0.2) is 0 Å². The molecule has 1 aromatic rings. The molecule has 0 saturated carbocycles. The van der Waals surface area contributed by atoms with Crippen LogP contribution in [0.1, 0.15) is 61.8 Å². The second kappa shape index (κ2) is 6.10. The summed E-state index contributed by atoms with van der Waals surface area (Å²) in [5, 5.41) is 0.954. The van der Waals surface area contributed by atoms with Gasteiger partial charge in [-0.2, -0.15) is 0 Å². The van der Waals surface area contributed by atoms with Gasteiger partial charge in [0.2, 0.25) is 0 Å². The molecule has 1 aromatic heterocycles. The van der Waals surface area contributed by atoms with Gasteiger partial charge in [0.15, 0.2) is 5.13 Å². The zero-order chi connectivity index (χ0) is 14.8. The number of anilines is 1. The number of nitrogens with two attached hydrogens (primary N) is 1. The fraction of sp³-hybridized carbons (Fsp3) is 0.714. The summed E-state index contributed by atoms with van der Waals surface area (Å²) >= 11 is 1.46. The predicted octanol–water partition coefficient (Wildman–Crippen LogP) is 2.42. The summed E-state index contributed by atoms with van der Waals surface area (Å²) in [6.45, 7) is 8.27. The Labute approximate surface area is 124 Å². The predicted molar refractivity (Wildman–Crippen MR) is 83.1 cm³/mol. The zero-order valence-electron chi connectivity index (χ0n) is 12.5. The topological polar surface area (TPSA) is 71.2 Å². The largest absolute Gasteiger partial charge is 0.348 e. The number of carbonyl (C=O) groups is 1. The van der Waals surface area contributed by atoms with Gasteiger partial charge < -0.3 is 4.90 Å². The number of amides is 1. The molecule has 1 amide bonds. The summed E-state index contributed by atoms with van der Waals surface area (Å²) in [5.74, 6) is 5.05. The van der Waals surface area contributed by atoms with E-state index in [-0.39, 0.29) is 11.3 Å². The molecule has 2 rings (SSSR count). The van der Waals surface area contributed by atoms with Crippen LogP contribution in [0.3, 0.4) is 0 Å². The Hall–Kier alpha value is -1.14. The van der Waals surface area contributed by atoms with Crippen molar-refractivity contribution in [2.75, 3.05) is 18.0 Å². The van der Waals surface area contributed by atoms with E-state index in [0.717, 1.165) is 23.9 Å². The summed E-state index contributed by atoms with van der Waals surface area (Å²) in [6, 6.07) is 0. The van der Waals surface area contributed by atoms with Gasteiger partial charge in [0.1, 0.15) is 4.88 Å². The van der Waals surface area contributed by atoms with Crippen molar-refractivity contribution in [1.82, 2.24) is 10.4 Å². The van der Waals surface area contributed by atoms with Crippen LogP contribution in [-0.2, 0) is 5.41 Å². The highest BCUT2D eigenvalue weighted by molar-refractivity contribution is 7.17. The standard InChI is InChI=1S/C14H24N4OS/c1-14(2,3)11-10(12(19)17-15)20-13(16-11)18-8-6-4-5-7-9-18/h4-9,15H2,1-3H3,(H,17,19). The molecule has 0 atom stereocenters. The Kier molecular flexibility index (Phi) is 4.65. The Morgan fingerprint density at radius 2 is 1.85 bits per heavy atom. The fourth-order valence-corrected chi connectivity index (χ4v) is 3.67. The number of carbonyl (C=O) groups excluding carboxylic acids is 1. The number of nitrogens with one attached hydrogen (secondary N) is 1. The number of nitrogen functional groups attached to an aromatic ring is 1. The highest BCUT2D eigenvalue weighted by Gasteiger charge is 2.28. The highest BCUT2D eigenvalue weighted by atomic mass is 32.1. The van der Waals surface area contributed by atoms with E-state index in [2.05, 4.69) is 31.1 Å². The van der Waals surface area contributed by atoms with Crippen LogP contribution in [-0.4, -0.2) is 24.0 Å². The normalized spacial score (nSPS) is 16.9. The lowest BCUT2D eigenvalue weighted by Gasteiger charge is -2.19. The van der Waals surface area contributed by atoms with Gasteiger partial charge in [-0.15, -0.1) is 0 Å². The van der Waals surface area contributed by atoms with Crippen LogP contribution in [0.4, 0.5) is 5.13 Å². The average Bonchev–Trinajstić information content (AvgIpc) is 2.67. The van der Waals surface area contributed by atoms with E-state index in [0.29, 0.717) is 4.88 Å². The molecule has 1 aliphatic rings. The van der Waals surface area contributed by atoms with Gasteiger partial charge in [-0.05, 0) is 12.8 Å². The monoisotopic (exact) mass is 296 g/mol. The Bertz CT molecular complexity index is 470. The lowest BCUT2D eigenvalue weighted by atomic mass is 9.91. The molecule has 0 radical (unpaired) electrons. The molecule has 112 valence electrons. The smallest absolute Gasteiger partial charge is 0.277 e. The number of rotatable bonds is 2. The molecular weight excluding hydrogens is 272 g/mol. The summed E-state index contributed by atoms with van der Waals surface area (Å²) in [4.78, 5) is 19.6. The first-order valence-electron chi connectivity index (χ1n) is 7.20. The first kappa shape index (κ1) is 15.3. The molecule has 20 heavy (non-hydrogen) atoms. The molecule has 0 aliphatic carbocycles. The minimum Gasteiger partial charge on any atom is -0.348 e. The molecule has 3 N–H and O–H groups in total. The lowest BCUT2D eigenvalue weighted by molar-refractivity contribution is 0.0955. The second-order valence-electron chi connectivity index (χ2n) is 6.30. The van der Waals surface area contributed by atoms with E-state index in [4.69, 9.17) is 10.8 Å². The first-order valence-corrected chi connectivity index (χ1v) is 8.02. The van der Waals surface area contributed by atoms with Gasteiger partial charge in [-0.3, -0.25) is 10.2 Å². The van der Waals surface area contributed by atoms with Crippen LogP contribution in [0.2, 0.25) is 0 Å². The molecular formula is C14H24N4OS. The maximum Gasteiger partial charge on any atom is 0.277 e. The minimum absolute atomic E-state index is 0.164. The van der Waals surface area contributed by atoms with E-state index < -0.39 is 0 Å². The third kappa shape index (κ3) is 3.30. The lowest BCUT2D eigenvalue weighted by Crippen LogP contribution is -2.31. The van der Waals surface area contributed by atoms with Crippen LogP contribution in [0.5, 0.6) is 0 Å². The minimum atomic E-state index is -0.242. The molecule has 0 spiro atoms. The van der Waals surface area contributed by atoms with Gasteiger partial charge in [0, 0.05) is 18.5 Å². The van der Waals surface area contributed by atoms with Crippen LogP contribution in [0.25, 0.3) is 0 Å². The van der Waals surface area contributed by atoms with Crippen molar-refractivity contribution >= 4 is 22.4 Å². The molecule has 5 nitrogen and oxygen atoms in total. The van der Waals surface area contributed by atoms with E-state index in [1.54, 1.807) is 0 Å². The van der Waals surface area contributed by atoms with E-state index in [1.807, 2.05) is 0 Å². The number of hydrogen-bond acceptors (Lipinski definition) is 5. The van der Waals surface area contributed by atoms with Crippen LogP contribution < -0.4 is 16.2 Å². The number of thiazole rings is 1. The number of nitrogens with zero attached hydrogens (tertiary/aromatic N) is 2. The molecule has 0 aromatic carbocycles. The average molecular weight is 296 g/mol. The highest BCUT2D eigenvalue weighted by Crippen LogP contribution is 2.34. The second-order valence-corrected chi connectivity index (χ2v) is 7.28. The molecule has 6 heteroatoms. The van der Waals surface area contributed by atoms with Gasteiger partial charge in [-0.25, -0.2) is 10.8 Å². The van der Waals surface area contributed by atoms with Crippen molar-refractivity contribution in [2.24, 2.45) is 5.84 Å². The number of aromatic nitrogens is 1. The SMILES string of the molecule is CC(C)(C)c1nc(N2CCCCCC2)sc1C(=O)NN. The number of hydrogen-bond donors (Lipinski definition) is 2. The van der Waals surface area contributed by atoms with Gasteiger partial charge in [0.05, 0.1) is 5.69 Å². The fourth-order valence-electron chi connectivity index (χ4n) is 2.43. The molecule has 1 saturated heterocycles. The first-order chi connectivity index (χ1) is 9.43. The molecule has 2 heterocycles.